The molecule has 0 amide bonds. The van der Waals surface area contributed by atoms with Crippen molar-refractivity contribution >= 4 is 22.2 Å². The third kappa shape index (κ3) is 5.11. The highest BCUT2D eigenvalue weighted by molar-refractivity contribution is 7.92. The molecule has 2 N–H and O–H groups in total. The largest absolute Gasteiger partial charge is 0.487 e. The Labute approximate surface area is 125 Å². The number of halogens is 2. The monoisotopic (exact) mass is 323 g/mol. The fraction of sp³-hybridized carbons (Fsp3) is 0.385. The van der Waals surface area contributed by atoms with Crippen molar-refractivity contribution in [2.24, 2.45) is 5.73 Å². The lowest BCUT2D eigenvalue weighted by Crippen LogP contribution is -2.13. The quantitative estimate of drug-likeness (QED) is 0.873. The van der Waals surface area contributed by atoms with Gasteiger partial charge in [0, 0.05) is 6.54 Å². The van der Waals surface area contributed by atoms with E-state index in [1.54, 1.807) is 13.8 Å². The van der Waals surface area contributed by atoms with Crippen LogP contribution in [0.4, 0.5) is 4.39 Å². The van der Waals surface area contributed by atoms with Gasteiger partial charge in [-0.15, -0.1) is 12.4 Å². The SMILES string of the molecule is CC(C)S(=O)(=O)c1ccc(OC/C(F)=C\CN)cc1.Cl. The number of benzene rings is 1. The highest BCUT2D eigenvalue weighted by atomic mass is 35.5. The molecule has 7 heteroatoms. The maximum atomic E-state index is 13.0. The molecule has 0 aliphatic rings. The maximum Gasteiger partial charge on any atom is 0.180 e. The first-order valence-corrected chi connectivity index (χ1v) is 7.44. The van der Waals surface area contributed by atoms with Crippen molar-refractivity contribution in [1.82, 2.24) is 0 Å². The molecule has 1 aromatic carbocycles. The minimum atomic E-state index is -3.29. The minimum absolute atomic E-state index is 0. The van der Waals surface area contributed by atoms with Crippen LogP contribution in [0.2, 0.25) is 0 Å². The zero-order chi connectivity index (χ0) is 14.5. The third-order valence-electron chi connectivity index (χ3n) is 2.49. The molecule has 0 spiro atoms. The van der Waals surface area contributed by atoms with Crippen molar-refractivity contribution in [1.29, 1.82) is 0 Å². The van der Waals surface area contributed by atoms with Crippen LogP contribution in [0.1, 0.15) is 13.8 Å². The molecular formula is C13H19ClFNO3S. The van der Waals surface area contributed by atoms with Gasteiger partial charge in [-0.2, -0.15) is 0 Å². The van der Waals surface area contributed by atoms with Gasteiger partial charge in [0.2, 0.25) is 0 Å². The Morgan fingerprint density at radius 1 is 1.35 bits per heavy atom. The first-order valence-electron chi connectivity index (χ1n) is 5.89. The summed E-state index contributed by atoms with van der Waals surface area (Å²) in [6, 6.07) is 5.92. The Balaban J connectivity index is 0.00000361. The summed E-state index contributed by atoms with van der Waals surface area (Å²) in [5.74, 6) is -0.0512. The van der Waals surface area contributed by atoms with Crippen LogP contribution < -0.4 is 10.5 Å². The first kappa shape index (κ1) is 18.9. The summed E-state index contributed by atoms with van der Waals surface area (Å²) in [4.78, 5) is 0.229. The fourth-order valence-corrected chi connectivity index (χ4v) is 2.40. The van der Waals surface area contributed by atoms with Crippen molar-refractivity contribution in [2.75, 3.05) is 13.2 Å². The van der Waals surface area contributed by atoms with Gasteiger partial charge in [-0.3, -0.25) is 0 Å². The van der Waals surface area contributed by atoms with E-state index >= 15 is 0 Å². The predicted octanol–water partition coefficient (Wildman–Crippen LogP) is 2.48. The molecule has 0 bridgehead atoms. The number of ether oxygens (including phenoxy) is 1. The molecular weight excluding hydrogens is 305 g/mol. The molecule has 0 aliphatic heterocycles. The molecule has 0 unspecified atom stereocenters. The molecule has 0 saturated carbocycles. The van der Waals surface area contributed by atoms with Crippen LogP contribution in [0, 0.1) is 0 Å². The van der Waals surface area contributed by atoms with Gasteiger partial charge in [0.15, 0.2) is 9.84 Å². The van der Waals surface area contributed by atoms with Gasteiger partial charge in [-0.1, -0.05) is 0 Å². The number of hydrogen-bond donors (Lipinski definition) is 1. The molecule has 0 saturated heterocycles. The van der Waals surface area contributed by atoms with Gasteiger partial charge in [0.05, 0.1) is 10.1 Å². The Kier molecular flexibility index (Phi) is 7.78. The lowest BCUT2D eigenvalue weighted by atomic mass is 10.3. The van der Waals surface area contributed by atoms with Crippen LogP contribution in [0.25, 0.3) is 0 Å². The minimum Gasteiger partial charge on any atom is -0.487 e. The lowest BCUT2D eigenvalue weighted by molar-refractivity contribution is 0.318. The van der Waals surface area contributed by atoms with E-state index in [4.69, 9.17) is 10.5 Å². The number of sulfone groups is 1. The van der Waals surface area contributed by atoms with Crippen molar-refractivity contribution < 1.29 is 17.5 Å². The summed E-state index contributed by atoms with van der Waals surface area (Å²) in [5, 5.41) is -0.482. The first-order chi connectivity index (χ1) is 8.87. The predicted molar refractivity (Wildman–Crippen MR) is 79.8 cm³/mol. The standard InChI is InChI=1S/C13H18FNO3S.ClH/c1-10(2)19(16,17)13-5-3-12(4-6-13)18-9-11(14)7-8-15;/h3-7,10H,8-9,15H2,1-2H3;1H/b11-7+;. The van der Waals surface area contributed by atoms with Crippen LogP contribution >= 0.6 is 12.4 Å². The summed E-state index contributed by atoms with van der Waals surface area (Å²) in [7, 11) is -3.29. The summed E-state index contributed by atoms with van der Waals surface area (Å²) >= 11 is 0. The molecule has 114 valence electrons. The maximum absolute atomic E-state index is 13.0. The van der Waals surface area contributed by atoms with Crippen molar-refractivity contribution in [2.45, 2.75) is 24.0 Å². The summed E-state index contributed by atoms with van der Waals surface area (Å²) in [6.07, 6.45) is 1.22. The van der Waals surface area contributed by atoms with E-state index in [0.717, 1.165) is 0 Å². The second-order valence-corrected chi connectivity index (χ2v) is 6.74. The van der Waals surface area contributed by atoms with E-state index in [2.05, 4.69) is 0 Å². The van der Waals surface area contributed by atoms with Crippen LogP contribution in [0.5, 0.6) is 5.75 Å². The van der Waals surface area contributed by atoms with E-state index in [-0.39, 0.29) is 30.5 Å². The Hall–Kier alpha value is -1.11. The van der Waals surface area contributed by atoms with E-state index in [1.165, 1.54) is 30.3 Å². The van der Waals surface area contributed by atoms with Crippen molar-refractivity contribution in [3.05, 3.63) is 36.2 Å². The molecule has 0 aliphatic carbocycles. The molecule has 4 nitrogen and oxygen atoms in total. The van der Waals surface area contributed by atoms with E-state index in [9.17, 15) is 12.8 Å². The van der Waals surface area contributed by atoms with Gasteiger partial charge in [-0.25, -0.2) is 12.8 Å². The highest BCUT2D eigenvalue weighted by Crippen LogP contribution is 2.20. The molecule has 0 fully saturated rings. The Morgan fingerprint density at radius 3 is 2.35 bits per heavy atom. The average Bonchev–Trinajstić information content (AvgIpc) is 2.37. The molecule has 0 atom stereocenters. The Bertz CT molecular complexity index is 541. The molecule has 0 radical (unpaired) electrons. The van der Waals surface area contributed by atoms with E-state index in [0.29, 0.717) is 5.75 Å². The fourth-order valence-electron chi connectivity index (χ4n) is 1.34. The van der Waals surface area contributed by atoms with Gasteiger partial charge in [-0.05, 0) is 44.2 Å². The van der Waals surface area contributed by atoms with Gasteiger partial charge in [0.25, 0.3) is 0 Å². The lowest BCUT2D eigenvalue weighted by Gasteiger charge is -2.09. The number of rotatable bonds is 6. The molecule has 0 aromatic heterocycles. The van der Waals surface area contributed by atoms with Crippen molar-refractivity contribution in [3.63, 3.8) is 0 Å². The Morgan fingerprint density at radius 2 is 1.90 bits per heavy atom. The van der Waals surface area contributed by atoms with E-state index in [1.807, 2.05) is 0 Å². The van der Waals surface area contributed by atoms with E-state index < -0.39 is 20.9 Å². The molecule has 20 heavy (non-hydrogen) atoms. The smallest absolute Gasteiger partial charge is 0.180 e. The zero-order valence-electron chi connectivity index (χ0n) is 11.4. The normalized spacial score (nSPS) is 12.2. The summed E-state index contributed by atoms with van der Waals surface area (Å²) in [6.45, 7) is 3.13. The third-order valence-corrected chi connectivity index (χ3v) is 4.66. The zero-order valence-corrected chi connectivity index (χ0v) is 13.0. The van der Waals surface area contributed by atoms with Crippen LogP contribution in [0.3, 0.4) is 0 Å². The second kappa shape index (κ2) is 8.24. The van der Waals surface area contributed by atoms with Crippen LogP contribution in [0.15, 0.2) is 41.1 Å². The summed E-state index contributed by atoms with van der Waals surface area (Å²) in [5.41, 5.74) is 5.16. The second-order valence-electron chi connectivity index (χ2n) is 4.24. The molecule has 1 aromatic rings. The average molecular weight is 324 g/mol. The molecule has 0 heterocycles. The topological polar surface area (TPSA) is 69.4 Å². The molecule has 1 rings (SSSR count). The van der Waals surface area contributed by atoms with Gasteiger partial charge >= 0.3 is 0 Å². The van der Waals surface area contributed by atoms with Crippen molar-refractivity contribution in [3.8, 4) is 5.75 Å². The highest BCUT2D eigenvalue weighted by Gasteiger charge is 2.18. The van der Waals surface area contributed by atoms with Gasteiger partial charge < -0.3 is 10.5 Å². The summed E-state index contributed by atoms with van der Waals surface area (Å²) < 4.78 is 41.9. The van der Waals surface area contributed by atoms with Crippen LogP contribution in [-0.2, 0) is 9.84 Å². The number of hydrogen-bond acceptors (Lipinski definition) is 4. The van der Waals surface area contributed by atoms with Gasteiger partial charge in [0.1, 0.15) is 18.2 Å². The van der Waals surface area contributed by atoms with Crippen LogP contribution in [-0.4, -0.2) is 26.8 Å². The number of nitrogens with two attached hydrogens (primary N) is 1.